The molecule has 0 aliphatic heterocycles. The Balaban J connectivity index is 2.40. The summed E-state index contributed by atoms with van der Waals surface area (Å²) >= 11 is 0. The van der Waals surface area contributed by atoms with Crippen molar-refractivity contribution in [3.05, 3.63) is 56.2 Å². The summed E-state index contributed by atoms with van der Waals surface area (Å²) in [5, 5.41) is 14.5. The zero-order chi connectivity index (χ0) is 17.7. The van der Waals surface area contributed by atoms with Crippen LogP contribution < -0.4 is 16.7 Å². The van der Waals surface area contributed by atoms with Gasteiger partial charge in [-0.05, 0) is 31.9 Å². The van der Waals surface area contributed by atoms with Gasteiger partial charge in [0.2, 0.25) is 5.88 Å². The number of aromatic amines is 1. The highest BCUT2D eigenvalue weighted by Gasteiger charge is 2.16. The van der Waals surface area contributed by atoms with Crippen molar-refractivity contribution in [2.24, 2.45) is 5.10 Å². The van der Waals surface area contributed by atoms with Crippen molar-refractivity contribution in [1.29, 1.82) is 0 Å². The van der Waals surface area contributed by atoms with Crippen molar-refractivity contribution in [3.8, 4) is 5.88 Å². The molecule has 2 aromatic rings. The Hall–Kier alpha value is -2.83. The van der Waals surface area contributed by atoms with Crippen LogP contribution in [0.25, 0.3) is 0 Å². The molecule has 0 fully saturated rings. The number of nitrogens with zero attached hydrogens (tertiary/aromatic N) is 2. The molecule has 128 valence electrons. The van der Waals surface area contributed by atoms with Crippen LogP contribution in [0.4, 0.5) is 5.69 Å². The fourth-order valence-corrected chi connectivity index (χ4v) is 2.31. The van der Waals surface area contributed by atoms with Gasteiger partial charge < -0.3 is 5.11 Å². The number of hydrogen-bond acceptors (Lipinski definition) is 5. The highest BCUT2D eigenvalue weighted by atomic mass is 16.3. The lowest BCUT2D eigenvalue weighted by Gasteiger charge is -2.11. The molecule has 1 aromatic heterocycles. The van der Waals surface area contributed by atoms with Crippen LogP contribution in [0.2, 0.25) is 0 Å². The third kappa shape index (κ3) is 3.73. The molecular formula is C17H22N4O3. The lowest BCUT2D eigenvalue weighted by atomic mass is 10.2. The average Bonchev–Trinajstić information content (AvgIpc) is 2.53. The van der Waals surface area contributed by atoms with Gasteiger partial charge in [-0.2, -0.15) is 5.10 Å². The Morgan fingerprint density at radius 1 is 1.33 bits per heavy atom. The topological polar surface area (TPSA) is 99.5 Å². The maximum absolute atomic E-state index is 12.1. The van der Waals surface area contributed by atoms with Gasteiger partial charge in [0.25, 0.3) is 5.56 Å². The van der Waals surface area contributed by atoms with Crippen LogP contribution in [0.1, 0.15) is 37.8 Å². The first-order chi connectivity index (χ1) is 11.5. The van der Waals surface area contributed by atoms with Gasteiger partial charge in [-0.15, -0.1) is 0 Å². The Labute approximate surface area is 139 Å². The van der Waals surface area contributed by atoms with E-state index < -0.39 is 11.2 Å². The van der Waals surface area contributed by atoms with E-state index in [1.807, 2.05) is 38.1 Å². The van der Waals surface area contributed by atoms with Crippen molar-refractivity contribution in [2.45, 2.75) is 40.2 Å². The summed E-state index contributed by atoms with van der Waals surface area (Å²) in [7, 11) is 0. The maximum atomic E-state index is 12.1. The number of hydrazone groups is 1. The van der Waals surface area contributed by atoms with Gasteiger partial charge in [-0.1, -0.05) is 31.5 Å². The second-order valence-electron chi connectivity index (χ2n) is 5.59. The maximum Gasteiger partial charge on any atom is 0.331 e. The molecule has 24 heavy (non-hydrogen) atoms. The summed E-state index contributed by atoms with van der Waals surface area (Å²) < 4.78 is 1.16. The summed E-state index contributed by atoms with van der Waals surface area (Å²) in [5.41, 5.74) is 3.69. The van der Waals surface area contributed by atoms with Crippen molar-refractivity contribution in [2.75, 3.05) is 5.43 Å². The van der Waals surface area contributed by atoms with Crippen LogP contribution in [0.15, 0.2) is 39.0 Å². The summed E-state index contributed by atoms with van der Waals surface area (Å²) in [4.78, 5) is 26.2. The molecule has 2 rings (SSSR count). The van der Waals surface area contributed by atoms with Crippen molar-refractivity contribution < 1.29 is 5.11 Å². The molecule has 0 unspecified atom stereocenters. The zero-order valence-corrected chi connectivity index (χ0v) is 14.1. The molecule has 0 bridgehead atoms. The van der Waals surface area contributed by atoms with Gasteiger partial charge in [-0.25, -0.2) is 4.79 Å². The molecular weight excluding hydrogens is 308 g/mol. The van der Waals surface area contributed by atoms with Gasteiger partial charge in [-0.3, -0.25) is 19.8 Å². The Kier molecular flexibility index (Phi) is 5.57. The van der Waals surface area contributed by atoms with E-state index in [2.05, 4.69) is 15.5 Å². The Morgan fingerprint density at radius 3 is 2.71 bits per heavy atom. The van der Waals surface area contributed by atoms with E-state index in [9.17, 15) is 14.7 Å². The number of H-pyrrole nitrogens is 1. The number of rotatable bonds is 6. The quantitative estimate of drug-likeness (QED) is 0.558. The number of nitrogens with one attached hydrogen (secondary N) is 2. The fourth-order valence-electron chi connectivity index (χ4n) is 2.31. The number of hydrogen-bond donors (Lipinski definition) is 3. The summed E-state index contributed by atoms with van der Waals surface area (Å²) in [6.07, 6.45) is 1.58. The number of benzene rings is 1. The first-order valence-corrected chi connectivity index (χ1v) is 7.88. The Morgan fingerprint density at radius 2 is 2.04 bits per heavy atom. The number of unbranched alkanes of at least 4 members (excludes halogenated alkanes) is 1. The minimum absolute atomic E-state index is 0.00760. The molecule has 0 aliphatic carbocycles. The SMILES string of the molecule is CCCCn1c(O)c(C(C)=NNc2ccccc2C)c(=O)[nH]c1=O. The second-order valence-corrected chi connectivity index (χ2v) is 5.59. The predicted molar refractivity (Wildman–Crippen MR) is 94.9 cm³/mol. The Bertz CT molecular complexity index is 865. The zero-order valence-electron chi connectivity index (χ0n) is 14.1. The largest absolute Gasteiger partial charge is 0.494 e. The standard InChI is InChI=1S/C17H22N4O3/c1-4-5-10-21-16(23)14(15(22)18-17(21)24)12(3)19-20-13-9-7-6-8-11(13)2/h6-9,20,23H,4-5,10H2,1-3H3,(H,18,22,24). The molecule has 0 amide bonds. The number of aromatic nitrogens is 2. The lowest BCUT2D eigenvalue weighted by molar-refractivity contribution is 0.394. The van der Waals surface area contributed by atoms with Crippen LogP contribution in [-0.2, 0) is 6.54 Å². The van der Waals surface area contributed by atoms with Crippen LogP contribution in [-0.4, -0.2) is 20.4 Å². The number of para-hydroxylation sites is 1. The number of aromatic hydroxyl groups is 1. The van der Waals surface area contributed by atoms with Gasteiger partial charge in [0, 0.05) is 6.54 Å². The van der Waals surface area contributed by atoms with Crippen molar-refractivity contribution >= 4 is 11.4 Å². The predicted octanol–water partition coefficient (Wildman–Crippen LogP) is 2.19. The molecule has 0 saturated heterocycles. The van der Waals surface area contributed by atoms with E-state index in [1.165, 1.54) is 0 Å². The normalized spacial score (nSPS) is 11.5. The molecule has 0 radical (unpaired) electrons. The van der Waals surface area contributed by atoms with E-state index >= 15 is 0 Å². The van der Waals surface area contributed by atoms with E-state index in [0.29, 0.717) is 12.3 Å². The fraction of sp³-hybridized carbons (Fsp3) is 0.353. The number of anilines is 1. The summed E-state index contributed by atoms with van der Waals surface area (Å²) in [5.74, 6) is -0.356. The van der Waals surface area contributed by atoms with E-state index in [-0.39, 0.29) is 11.4 Å². The van der Waals surface area contributed by atoms with Crippen LogP contribution in [0.5, 0.6) is 5.88 Å². The average molecular weight is 330 g/mol. The molecule has 7 nitrogen and oxygen atoms in total. The monoisotopic (exact) mass is 330 g/mol. The first-order valence-electron chi connectivity index (χ1n) is 7.88. The molecule has 7 heteroatoms. The minimum atomic E-state index is -0.655. The van der Waals surface area contributed by atoms with Gasteiger partial charge in [0.05, 0.1) is 11.4 Å². The van der Waals surface area contributed by atoms with Crippen LogP contribution in [0.3, 0.4) is 0 Å². The summed E-state index contributed by atoms with van der Waals surface area (Å²) in [6, 6.07) is 7.58. The highest BCUT2D eigenvalue weighted by Crippen LogP contribution is 2.15. The third-order valence-corrected chi connectivity index (χ3v) is 3.76. The van der Waals surface area contributed by atoms with Crippen molar-refractivity contribution in [1.82, 2.24) is 9.55 Å². The van der Waals surface area contributed by atoms with Crippen LogP contribution >= 0.6 is 0 Å². The smallest absolute Gasteiger partial charge is 0.331 e. The number of aryl methyl sites for hydroxylation is 1. The van der Waals surface area contributed by atoms with Crippen LogP contribution in [0, 0.1) is 6.92 Å². The molecule has 1 aromatic carbocycles. The lowest BCUT2D eigenvalue weighted by Crippen LogP contribution is -2.33. The van der Waals surface area contributed by atoms with Gasteiger partial charge in [0.1, 0.15) is 5.56 Å². The second kappa shape index (κ2) is 7.63. The molecule has 1 heterocycles. The third-order valence-electron chi connectivity index (χ3n) is 3.76. The van der Waals surface area contributed by atoms with E-state index in [0.717, 1.165) is 28.7 Å². The minimum Gasteiger partial charge on any atom is -0.494 e. The van der Waals surface area contributed by atoms with Crippen molar-refractivity contribution in [3.63, 3.8) is 0 Å². The molecule has 0 saturated carbocycles. The molecule has 0 atom stereocenters. The highest BCUT2D eigenvalue weighted by molar-refractivity contribution is 6.00. The van der Waals surface area contributed by atoms with E-state index in [4.69, 9.17) is 0 Å². The van der Waals surface area contributed by atoms with E-state index in [1.54, 1.807) is 6.92 Å². The first kappa shape index (κ1) is 17.5. The summed E-state index contributed by atoms with van der Waals surface area (Å²) in [6.45, 7) is 5.85. The molecule has 0 spiro atoms. The van der Waals surface area contributed by atoms with Gasteiger partial charge in [0.15, 0.2) is 0 Å². The molecule has 3 N–H and O–H groups in total. The van der Waals surface area contributed by atoms with Gasteiger partial charge >= 0.3 is 5.69 Å². The molecule has 0 aliphatic rings.